The molecule has 4 nitrogen and oxygen atoms in total. The lowest BCUT2D eigenvalue weighted by Crippen LogP contribution is -2.38. The predicted octanol–water partition coefficient (Wildman–Crippen LogP) is 5.11. The highest BCUT2D eigenvalue weighted by molar-refractivity contribution is 5.53. The Hall–Kier alpha value is -2.43. The topological polar surface area (TPSA) is 44.5 Å². The van der Waals surface area contributed by atoms with Crippen molar-refractivity contribution in [1.82, 2.24) is 4.98 Å². The van der Waals surface area contributed by atoms with Crippen LogP contribution >= 0.6 is 0 Å². The predicted molar refractivity (Wildman–Crippen MR) is 105 cm³/mol. The Kier molecular flexibility index (Phi) is 4.85. The van der Waals surface area contributed by atoms with Crippen LogP contribution in [0.4, 0.5) is 0 Å². The van der Waals surface area contributed by atoms with Crippen molar-refractivity contribution in [1.29, 1.82) is 0 Å². The molecule has 3 aromatic rings. The molecule has 1 aromatic heterocycles. The van der Waals surface area contributed by atoms with Crippen LogP contribution in [0.5, 0.6) is 0 Å². The van der Waals surface area contributed by atoms with Gasteiger partial charge in [-0.3, -0.25) is 0 Å². The van der Waals surface area contributed by atoms with Gasteiger partial charge < -0.3 is 13.9 Å². The number of nitrogens with zero attached hydrogens (tertiary/aromatic N) is 1. The van der Waals surface area contributed by atoms with Crippen LogP contribution in [0, 0.1) is 6.92 Å². The number of aromatic nitrogens is 1. The molecule has 1 fully saturated rings. The van der Waals surface area contributed by atoms with Crippen molar-refractivity contribution in [3.8, 4) is 11.5 Å². The first kappa shape index (κ1) is 18.0. The lowest BCUT2D eigenvalue weighted by atomic mass is 9.96. The highest BCUT2D eigenvalue weighted by Crippen LogP contribution is 2.29. The van der Waals surface area contributed by atoms with E-state index in [0.717, 1.165) is 23.4 Å². The van der Waals surface area contributed by atoms with E-state index in [1.165, 1.54) is 11.1 Å². The molecule has 0 N–H and O–H groups in total. The molecule has 0 spiro atoms. The summed E-state index contributed by atoms with van der Waals surface area (Å²) < 4.78 is 17.5. The fourth-order valence-corrected chi connectivity index (χ4v) is 3.33. The molecule has 1 aliphatic rings. The van der Waals surface area contributed by atoms with E-state index >= 15 is 0 Å². The molecule has 1 saturated heterocycles. The summed E-state index contributed by atoms with van der Waals surface area (Å²) in [5, 5.41) is 0. The van der Waals surface area contributed by atoms with E-state index in [2.05, 4.69) is 24.3 Å². The average molecular weight is 363 g/mol. The second kappa shape index (κ2) is 7.29. The maximum Gasteiger partial charge on any atom is 0.226 e. The van der Waals surface area contributed by atoms with Crippen LogP contribution in [0.25, 0.3) is 11.5 Å². The summed E-state index contributed by atoms with van der Waals surface area (Å²) in [4.78, 5) is 4.72. The van der Waals surface area contributed by atoms with Crippen molar-refractivity contribution in [3.05, 3.63) is 77.2 Å². The molecule has 0 bridgehead atoms. The number of oxazole rings is 1. The lowest BCUT2D eigenvalue weighted by Gasteiger charge is -2.35. The van der Waals surface area contributed by atoms with Crippen molar-refractivity contribution >= 4 is 0 Å². The van der Waals surface area contributed by atoms with Gasteiger partial charge in [-0.15, -0.1) is 0 Å². The summed E-state index contributed by atoms with van der Waals surface area (Å²) in [5.74, 6) is 1.32. The monoisotopic (exact) mass is 363 g/mol. The Morgan fingerprint density at radius 2 is 1.74 bits per heavy atom. The quantitative estimate of drug-likeness (QED) is 0.646. The van der Waals surface area contributed by atoms with E-state index in [4.69, 9.17) is 18.9 Å². The Morgan fingerprint density at radius 1 is 1.00 bits per heavy atom. The van der Waals surface area contributed by atoms with Crippen LogP contribution < -0.4 is 0 Å². The molecule has 0 aliphatic carbocycles. The second-order valence-corrected chi connectivity index (χ2v) is 7.53. The molecule has 0 amide bonds. The molecule has 0 saturated carbocycles. The fourth-order valence-electron chi connectivity index (χ4n) is 3.33. The van der Waals surface area contributed by atoms with Crippen molar-refractivity contribution in [3.63, 3.8) is 0 Å². The fraction of sp³-hybridized carbons (Fsp3) is 0.348. The third-order valence-electron chi connectivity index (χ3n) is 4.97. The minimum absolute atomic E-state index is 0.260. The molecular formula is C23H25NO3. The molecule has 4 heteroatoms. The van der Waals surface area contributed by atoms with E-state index in [1.807, 2.05) is 51.1 Å². The van der Waals surface area contributed by atoms with Crippen molar-refractivity contribution in [2.75, 3.05) is 13.2 Å². The molecule has 0 unspecified atom stereocenters. The summed E-state index contributed by atoms with van der Waals surface area (Å²) in [5.41, 5.74) is 4.43. The normalized spacial score (nSPS) is 17.1. The summed E-state index contributed by atoms with van der Waals surface area (Å²) >= 11 is 0. The first-order valence-corrected chi connectivity index (χ1v) is 9.39. The zero-order chi connectivity index (χ0) is 18.9. The number of aryl methyl sites for hydroxylation is 1. The third-order valence-corrected chi connectivity index (χ3v) is 4.97. The molecule has 27 heavy (non-hydrogen) atoms. The first-order chi connectivity index (χ1) is 13.0. The highest BCUT2D eigenvalue weighted by Gasteiger charge is 2.29. The van der Waals surface area contributed by atoms with Crippen molar-refractivity contribution in [2.24, 2.45) is 0 Å². The van der Waals surface area contributed by atoms with Gasteiger partial charge in [0.2, 0.25) is 5.89 Å². The van der Waals surface area contributed by atoms with Gasteiger partial charge in [0.25, 0.3) is 0 Å². The molecular weight excluding hydrogens is 338 g/mol. The molecule has 140 valence electrons. The molecule has 2 aromatic carbocycles. The Labute approximate surface area is 160 Å². The maximum atomic E-state index is 5.89. The molecule has 0 radical (unpaired) electrons. The van der Waals surface area contributed by atoms with Crippen LogP contribution in [0.1, 0.15) is 42.3 Å². The molecule has 1 aliphatic heterocycles. The molecule has 2 heterocycles. The Bertz CT molecular complexity index is 904. The Balaban J connectivity index is 1.51. The molecule has 0 atom stereocenters. The Morgan fingerprint density at radius 3 is 2.48 bits per heavy atom. The number of hydrogen-bond acceptors (Lipinski definition) is 4. The first-order valence-electron chi connectivity index (χ1n) is 9.39. The van der Waals surface area contributed by atoms with Gasteiger partial charge in [0.15, 0.2) is 5.79 Å². The lowest BCUT2D eigenvalue weighted by molar-refractivity contribution is -0.251. The van der Waals surface area contributed by atoms with Gasteiger partial charge in [-0.25, -0.2) is 4.98 Å². The van der Waals surface area contributed by atoms with Crippen LogP contribution in [-0.2, 0) is 15.9 Å². The van der Waals surface area contributed by atoms with E-state index < -0.39 is 5.79 Å². The van der Waals surface area contributed by atoms with Gasteiger partial charge in [0.05, 0.1) is 18.9 Å². The van der Waals surface area contributed by atoms with E-state index in [-0.39, 0.29) is 5.92 Å². The van der Waals surface area contributed by atoms with Crippen LogP contribution in [-0.4, -0.2) is 24.0 Å². The van der Waals surface area contributed by atoms with Crippen LogP contribution in [0.15, 0.2) is 59.0 Å². The van der Waals surface area contributed by atoms with Crippen molar-refractivity contribution < 1.29 is 13.9 Å². The standard InChI is InChI=1S/C23H25NO3/c1-16-21(24-22(27-16)18-9-5-4-6-10-18)13-17-8-7-11-19(12-17)20-14-25-23(2,3)26-15-20/h4-12,20H,13-15H2,1-3H3. The zero-order valence-electron chi connectivity index (χ0n) is 16.1. The number of benzene rings is 2. The van der Waals surface area contributed by atoms with Crippen LogP contribution in [0.3, 0.4) is 0 Å². The minimum atomic E-state index is -0.486. The summed E-state index contributed by atoms with van der Waals surface area (Å²) in [6.07, 6.45) is 0.746. The maximum absolute atomic E-state index is 5.89. The highest BCUT2D eigenvalue weighted by atomic mass is 16.7. The summed E-state index contributed by atoms with van der Waals surface area (Å²) in [6.45, 7) is 7.24. The van der Waals surface area contributed by atoms with Gasteiger partial charge in [0.1, 0.15) is 5.76 Å². The molecule has 4 rings (SSSR count). The largest absolute Gasteiger partial charge is 0.441 e. The summed E-state index contributed by atoms with van der Waals surface area (Å²) in [7, 11) is 0. The van der Waals surface area contributed by atoms with E-state index in [0.29, 0.717) is 19.1 Å². The van der Waals surface area contributed by atoms with Gasteiger partial charge in [-0.05, 0) is 44.0 Å². The number of hydrogen-bond donors (Lipinski definition) is 0. The number of ether oxygens (including phenoxy) is 2. The van der Waals surface area contributed by atoms with Gasteiger partial charge in [-0.2, -0.15) is 0 Å². The SMILES string of the molecule is Cc1oc(-c2ccccc2)nc1Cc1cccc(C2COC(C)(C)OC2)c1. The summed E-state index contributed by atoms with van der Waals surface area (Å²) in [6, 6.07) is 18.6. The van der Waals surface area contributed by atoms with Crippen molar-refractivity contribution in [2.45, 2.75) is 38.9 Å². The third kappa shape index (κ3) is 4.12. The minimum Gasteiger partial charge on any atom is -0.441 e. The van der Waals surface area contributed by atoms with E-state index in [9.17, 15) is 0 Å². The smallest absolute Gasteiger partial charge is 0.226 e. The van der Waals surface area contributed by atoms with Gasteiger partial charge in [0, 0.05) is 17.9 Å². The number of rotatable bonds is 4. The average Bonchev–Trinajstić information content (AvgIpc) is 3.03. The zero-order valence-corrected chi connectivity index (χ0v) is 16.1. The van der Waals surface area contributed by atoms with Gasteiger partial charge >= 0.3 is 0 Å². The second-order valence-electron chi connectivity index (χ2n) is 7.53. The van der Waals surface area contributed by atoms with E-state index in [1.54, 1.807) is 0 Å². The van der Waals surface area contributed by atoms with Gasteiger partial charge in [-0.1, -0.05) is 42.5 Å². The van der Waals surface area contributed by atoms with Crippen LogP contribution in [0.2, 0.25) is 0 Å².